The number of likely N-dealkylation sites (tertiary alicyclic amines) is 3. The van der Waals surface area contributed by atoms with Gasteiger partial charge in [-0.05, 0) is 38.5 Å². The van der Waals surface area contributed by atoms with Crippen LogP contribution in [0.25, 0.3) is 0 Å². The second-order valence-corrected chi connectivity index (χ2v) is 8.21. The van der Waals surface area contributed by atoms with Crippen LogP contribution in [0.1, 0.15) is 40.5 Å². The topological polar surface area (TPSA) is 26.8 Å². The van der Waals surface area contributed by atoms with Crippen molar-refractivity contribution >= 4 is 6.03 Å². The Morgan fingerprint density at radius 2 is 1.52 bits per heavy atom. The molecule has 0 aromatic heterocycles. The smallest absolute Gasteiger partial charge is 0.320 e. The number of piperidine rings is 1. The van der Waals surface area contributed by atoms with Crippen LogP contribution in [0.4, 0.5) is 4.79 Å². The third-order valence-corrected chi connectivity index (χ3v) is 5.88. The summed E-state index contributed by atoms with van der Waals surface area (Å²) in [7, 11) is 0. The Kier molecular flexibility index (Phi) is 3.93. The Morgan fingerprint density at radius 3 is 2.00 bits per heavy atom. The number of nitrogens with zero attached hydrogens (tertiary/aromatic N) is 3. The van der Waals surface area contributed by atoms with Gasteiger partial charge in [0, 0.05) is 50.7 Å². The standard InChI is InChI=1S/C17H31N3O/c1-13(2)15-5-7-18(8-6-15)16(21)20-11-17(12-20)9-19(10-17)14(3)4/h13-15H,5-12H2,1-4H3. The van der Waals surface area contributed by atoms with Crippen LogP contribution in [0, 0.1) is 17.3 Å². The summed E-state index contributed by atoms with van der Waals surface area (Å²) in [5, 5.41) is 0. The van der Waals surface area contributed by atoms with Crippen molar-refractivity contribution in [2.24, 2.45) is 17.3 Å². The molecule has 3 saturated heterocycles. The van der Waals surface area contributed by atoms with Crippen LogP contribution < -0.4 is 0 Å². The molecule has 0 saturated carbocycles. The zero-order valence-corrected chi connectivity index (χ0v) is 14.1. The number of carbonyl (C=O) groups is 1. The average molecular weight is 293 g/mol. The van der Waals surface area contributed by atoms with E-state index in [1.54, 1.807) is 0 Å². The highest BCUT2D eigenvalue weighted by Gasteiger charge is 2.54. The summed E-state index contributed by atoms with van der Waals surface area (Å²) >= 11 is 0. The van der Waals surface area contributed by atoms with Gasteiger partial charge in [0.1, 0.15) is 0 Å². The molecular weight excluding hydrogens is 262 g/mol. The van der Waals surface area contributed by atoms with Crippen LogP contribution in [0.5, 0.6) is 0 Å². The molecule has 0 aliphatic carbocycles. The SMILES string of the molecule is CC(C)C1CCN(C(=O)N2CC3(C2)CN(C(C)C)C3)CC1. The van der Waals surface area contributed by atoms with Crippen LogP contribution in [0.2, 0.25) is 0 Å². The number of hydrogen-bond donors (Lipinski definition) is 0. The van der Waals surface area contributed by atoms with Gasteiger partial charge in [-0.1, -0.05) is 13.8 Å². The molecule has 21 heavy (non-hydrogen) atoms. The summed E-state index contributed by atoms with van der Waals surface area (Å²) in [6.45, 7) is 15.4. The van der Waals surface area contributed by atoms with Crippen molar-refractivity contribution in [3.8, 4) is 0 Å². The molecule has 3 fully saturated rings. The lowest BCUT2D eigenvalue weighted by atomic mass is 9.72. The molecule has 120 valence electrons. The van der Waals surface area contributed by atoms with E-state index >= 15 is 0 Å². The highest BCUT2D eigenvalue weighted by molar-refractivity contribution is 5.75. The van der Waals surface area contributed by atoms with Crippen molar-refractivity contribution in [1.29, 1.82) is 0 Å². The fraction of sp³-hybridized carbons (Fsp3) is 0.941. The molecule has 0 atom stereocenters. The Hall–Kier alpha value is -0.770. The minimum atomic E-state index is 0.297. The second kappa shape index (κ2) is 5.45. The predicted octanol–water partition coefficient (Wildman–Crippen LogP) is 2.50. The third kappa shape index (κ3) is 2.79. The quantitative estimate of drug-likeness (QED) is 0.782. The van der Waals surface area contributed by atoms with E-state index in [2.05, 4.69) is 42.4 Å². The molecule has 1 spiro atoms. The summed E-state index contributed by atoms with van der Waals surface area (Å²) in [6.07, 6.45) is 2.37. The van der Waals surface area contributed by atoms with Crippen molar-refractivity contribution in [2.75, 3.05) is 39.3 Å². The molecule has 3 rings (SSSR count). The second-order valence-electron chi connectivity index (χ2n) is 8.21. The zero-order chi connectivity index (χ0) is 15.2. The van der Waals surface area contributed by atoms with Gasteiger partial charge in [-0.25, -0.2) is 4.79 Å². The van der Waals surface area contributed by atoms with Crippen LogP contribution in [-0.2, 0) is 0 Å². The van der Waals surface area contributed by atoms with E-state index < -0.39 is 0 Å². The summed E-state index contributed by atoms with van der Waals surface area (Å²) in [5.74, 6) is 1.56. The third-order valence-electron chi connectivity index (χ3n) is 5.88. The lowest BCUT2D eigenvalue weighted by Crippen LogP contribution is -2.74. The maximum absolute atomic E-state index is 12.5. The summed E-state index contributed by atoms with van der Waals surface area (Å²) in [6, 6.07) is 0.946. The van der Waals surface area contributed by atoms with Gasteiger partial charge < -0.3 is 9.80 Å². The van der Waals surface area contributed by atoms with Crippen molar-refractivity contribution in [3.05, 3.63) is 0 Å². The molecule has 4 heteroatoms. The predicted molar refractivity (Wildman–Crippen MR) is 85.2 cm³/mol. The van der Waals surface area contributed by atoms with Gasteiger partial charge in [0.25, 0.3) is 0 Å². The van der Waals surface area contributed by atoms with Crippen LogP contribution in [0.15, 0.2) is 0 Å². The average Bonchev–Trinajstić information content (AvgIpc) is 2.35. The number of hydrogen-bond acceptors (Lipinski definition) is 2. The Morgan fingerprint density at radius 1 is 0.952 bits per heavy atom. The molecular formula is C17H31N3O. The summed E-state index contributed by atoms with van der Waals surface area (Å²) < 4.78 is 0. The molecule has 2 amide bonds. The van der Waals surface area contributed by atoms with Crippen LogP contribution in [-0.4, -0.2) is 66.0 Å². The zero-order valence-electron chi connectivity index (χ0n) is 14.1. The molecule has 3 heterocycles. The first-order chi connectivity index (χ1) is 9.90. The maximum atomic E-state index is 12.5. The lowest BCUT2D eigenvalue weighted by Gasteiger charge is -2.61. The number of urea groups is 1. The minimum absolute atomic E-state index is 0.297. The van der Waals surface area contributed by atoms with E-state index in [9.17, 15) is 4.79 Å². The Balaban J connectivity index is 1.43. The minimum Gasteiger partial charge on any atom is -0.325 e. The van der Waals surface area contributed by atoms with E-state index in [0.29, 0.717) is 17.5 Å². The highest BCUT2D eigenvalue weighted by atomic mass is 16.2. The van der Waals surface area contributed by atoms with Crippen molar-refractivity contribution < 1.29 is 4.79 Å². The lowest BCUT2D eigenvalue weighted by molar-refractivity contribution is -0.111. The fourth-order valence-electron chi connectivity index (χ4n) is 4.24. The Labute approximate surface area is 129 Å². The molecule has 3 aliphatic rings. The molecule has 0 unspecified atom stereocenters. The van der Waals surface area contributed by atoms with Gasteiger partial charge in [-0.15, -0.1) is 0 Å². The van der Waals surface area contributed by atoms with E-state index in [0.717, 1.165) is 38.0 Å². The van der Waals surface area contributed by atoms with Crippen LogP contribution in [0.3, 0.4) is 0 Å². The van der Waals surface area contributed by atoms with E-state index in [-0.39, 0.29) is 0 Å². The monoisotopic (exact) mass is 293 g/mol. The first-order valence-electron chi connectivity index (χ1n) is 8.68. The molecule has 0 N–H and O–H groups in total. The van der Waals surface area contributed by atoms with Gasteiger partial charge in [-0.2, -0.15) is 0 Å². The molecule has 0 radical (unpaired) electrons. The number of rotatable bonds is 2. The summed E-state index contributed by atoms with van der Waals surface area (Å²) in [5.41, 5.74) is 0.441. The Bertz CT molecular complexity index is 385. The van der Waals surface area contributed by atoms with Gasteiger partial charge in [0.2, 0.25) is 0 Å². The highest BCUT2D eigenvalue weighted by Crippen LogP contribution is 2.41. The van der Waals surface area contributed by atoms with Crippen molar-refractivity contribution in [1.82, 2.24) is 14.7 Å². The van der Waals surface area contributed by atoms with Gasteiger partial charge in [0.05, 0.1) is 0 Å². The van der Waals surface area contributed by atoms with Crippen molar-refractivity contribution in [3.63, 3.8) is 0 Å². The number of carbonyl (C=O) groups excluding carboxylic acids is 1. The fourth-order valence-corrected chi connectivity index (χ4v) is 4.24. The van der Waals surface area contributed by atoms with Crippen molar-refractivity contribution in [2.45, 2.75) is 46.6 Å². The molecule has 0 bridgehead atoms. The number of amides is 2. The molecule has 0 aromatic carbocycles. The normalized spacial score (nSPS) is 26.4. The molecule has 0 aromatic rings. The van der Waals surface area contributed by atoms with Crippen LogP contribution >= 0.6 is 0 Å². The summed E-state index contributed by atoms with van der Waals surface area (Å²) in [4.78, 5) is 19.2. The maximum Gasteiger partial charge on any atom is 0.320 e. The first kappa shape index (κ1) is 15.1. The van der Waals surface area contributed by atoms with Gasteiger partial charge in [0.15, 0.2) is 0 Å². The molecule has 3 aliphatic heterocycles. The van der Waals surface area contributed by atoms with E-state index in [4.69, 9.17) is 0 Å². The van der Waals surface area contributed by atoms with E-state index in [1.165, 1.54) is 25.9 Å². The van der Waals surface area contributed by atoms with Gasteiger partial charge in [-0.3, -0.25) is 4.90 Å². The largest absolute Gasteiger partial charge is 0.325 e. The van der Waals surface area contributed by atoms with E-state index in [1.807, 2.05) is 0 Å². The van der Waals surface area contributed by atoms with Gasteiger partial charge >= 0.3 is 6.03 Å². The first-order valence-corrected chi connectivity index (χ1v) is 8.68. The molecule has 4 nitrogen and oxygen atoms in total.